The molecule has 0 aromatic rings. The van der Waals surface area contributed by atoms with E-state index in [2.05, 4.69) is 4.74 Å². The Labute approximate surface area is 70.6 Å². The molecule has 7 heteroatoms. The fourth-order valence-corrected chi connectivity index (χ4v) is 0.366. The zero-order chi connectivity index (χ0) is 10.6. The molecular weight excluding hydrogens is 193 g/mol. The van der Waals surface area contributed by atoms with E-state index >= 15 is 0 Å². The number of hydrogen-bond donors (Lipinski definition) is 1. The van der Waals surface area contributed by atoms with Crippen molar-refractivity contribution in [3.63, 3.8) is 0 Å². The van der Waals surface area contributed by atoms with Gasteiger partial charge in [0.25, 0.3) is 5.78 Å². The van der Waals surface area contributed by atoms with Crippen LogP contribution in [0, 0.1) is 0 Å². The van der Waals surface area contributed by atoms with E-state index in [0.29, 0.717) is 0 Å². The predicted octanol–water partition coefficient (Wildman–Crippen LogP) is 0.733. The number of ether oxygens (including phenoxy) is 1. The summed E-state index contributed by atoms with van der Waals surface area (Å²) in [6.07, 6.45) is -5.28. The van der Waals surface area contributed by atoms with Gasteiger partial charge in [-0.1, -0.05) is 0 Å². The number of hydrogen-bond acceptors (Lipinski definition) is 4. The molecule has 0 atom stereocenters. The van der Waals surface area contributed by atoms with Crippen LogP contribution >= 0.6 is 0 Å². The molecule has 0 amide bonds. The van der Waals surface area contributed by atoms with Gasteiger partial charge >= 0.3 is 12.1 Å². The first-order chi connectivity index (χ1) is 5.79. The second-order valence-electron chi connectivity index (χ2n) is 1.88. The van der Waals surface area contributed by atoms with Gasteiger partial charge in [-0.2, -0.15) is 13.2 Å². The van der Waals surface area contributed by atoms with E-state index in [4.69, 9.17) is 5.11 Å². The lowest BCUT2D eigenvalue weighted by molar-refractivity contribution is -0.150. The van der Waals surface area contributed by atoms with Crippen molar-refractivity contribution in [3.05, 3.63) is 11.8 Å². The summed E-state index contributed by atoms with van der Waals surface area (Å²) in [6, 6.07) is 0. The molecule has 13 heavy (non-hydrogen) atoms. The van der Waals surface area contributed by atoms with Gasteiger partial charge in [-0.15, -0.1) is 0 Å². The molecule has 4 nitrogen and oxygen atoms in total. The van der Waals surface area contributed by atoms with E-state index in [1.165, 1.54) is 0 Å². The van der Waals surface area contributed by atoms with Crippen molar-refractivity contribution in [2.24, 2.45) is 0 Å². The van der Waals surface area contributed by atoms with Crippen LogP contribution in [-0.4, -0.2) is 30.1 Å². The number of rotatable bonds is 2. The molecule has 0 aromatic heterocycles. The van der Waals surface area contributed by atoms with Crippen molar-refractivity contribution in [2.75, 3.05) is 7.11 Å². The van der Waals surface area contributed by atoms with Crippen molar-refractivity contribution < 1.29 is 32.6 Å². The van der Waals surface area contributed by atoms with Gasteiger partial charge in [-0.05, 0) is 0 Å². The van der Waals surface area contributed by atoms with Crippen molar-refractivity contribution in [3.8, 4) is 0 Å². The Hall–Kier alpha value is -1.53. The number of aliphatic hydroxyl groups is 1. The number of alkyl halides is 3. The Kier molecular flexibility index (Phi) is 3.46. The fraction of sp³-hybridized carbons (Fsp3) is 0.333. The van der Waals surface area contributed by atoms with Crippen LogP contribution in [0.15, 0.2) is 11.8 Å². The summed E-state index contributed by atoms with van der Waals surface area (Å²) in [5.41, 5.74) is 0. The van der Waals surface area contributed by atoms with Gasteiger partial charge in [-0.25, -0.2) is 4.79 Å². The van der Waals surface area contributed by atoms with Crippen molar-refractivity contribution in [1.82, 2.24) is 0 Å². The number of carbonyl (C=O) groups is 2. The Balaban J connectivity index is 4.59. The van der Waals surface area contributed by atoms with Crippen molar-refractivity contribution in [2.45, 2.75) is 6.18 Å². The zero-order valence-electron chi connectivity index (χ0n) is 6.38. The van der Waals surface area contributed by atoms with Crippen LogP contribution in [0.25, 0.3) is 0 Å². The third kappa shape index (κ3) is 3.59. The first-order valence-corrected chi connectivity index (χ1v) is 2.89. The molecule has 0 spiro atoms. The molecule has 0 aliphatic carbocycles. The lowest BCUT2D eigenvalue weighted by Gasteiger charge is -2.02. The normalized spacial score (nSPS) is 12.5. The molecule has 0 aliphatic heterocycles. The largest absolute Gasteiger partial charge is 0.504 e. The van der Waals surface area contributed by atoms with Gasteiger partial charge in [0.1, 0.15) is 0 Å². The highest BCUT2D eigenvalue weighted by atomic mass is 19.4. The number of allylic oxidation sites excluding steroid dienone is 1. The summed E-state index contributed by atoms with van der Waals surface area (Å²) in [6.45, 7) is 0. The Morgan fingerprint density at radius 3 is 2.15 bits per heavy atom. The number of aliphatic hydroxyl groups excluding tert-OH is 1. The third-order valence-corrected chi connectivity index (χ3v) is 0.945. The SMILES string of the molecule is COC(=O)C(=O)/C=C(\O)C(F)(F)F. The second kappa shape index (κ2) is 3.92. The molecule has 0 bridgehead atoms. The maximum absolute atomic E-state index is 11.6. The minimum absolute atomic E-state index is 0.244. The molecule has 0 heterocycles. The molecule has 0 radical (unpaired) electrons. The van der Waals surface area contributed by atoms with E-state index in [1.54, 1.807) is 0 Å². The number of halogens is 3. The average molecular weight is 198 g/mol. The Morgan fingerprint density at radius 2 is 1.85 bits per heavy atom. The van der Waals surface area contributed by atoms with Crippen LogP contribution < -0.4 is 0 Å². The van der Waals surface area contributed by atoms with E-state index < -0.39 is 23.7 Å². The van der Waals surface area contributed by atoms with Gasteiger partial charge in [0.05, 0.1) is 7.11 Å². The van der Waals surface area contributed by atoms with Gasteiger partial charge in [0.2, 0.25) is 5.76 Å². The van der Waals surface area contributed by atoms with Crippen LogP contribution in [0.4, 0.5) is 13.2 Å². The number of ketones is 1. The number of carbonyl (C=O) groups excluding carboxylic acids is 2. The summed E-state index contributed by atoms with van der Waals surface area (Å²) >= 11 is 0. The quantitative estimate of drug-likeness (QED) is 0.307. The maximum Gasteiger partial charge on any atom is 0.448 e. The standard InChI is InChI=1S/C6H5F3O4/c1-13-5(12)3(10)2-4(11)6(7,8)9/h2,11H,1H3/b4-2-. The van der Waals surface area contributed by atoms with Gasteiger partial charge in [0, 0.05) is 6.08 Å². The molecule has 0 saturated carbocycles. The van der Waals surface area contributed by atoms with Gasteiger partial charge < -0.3 is 9.84 Å². The first kappa shape index (κ1) is 11.5. The number of methoxy groups -OCH3 is 1. The molecule has 0 rings (SSSR count). The Morgan fingerprint density at radius 1 is 1.38 bits per heavy atom. The molecule has 1 N–H and O–H groups in total. The molecule has 0 fully saturated rings. The van der Waals surface area contributed by atoms with Crippen molar-refractivity contribution in [1.29, 1.82) is 0 Å². The topological polar surface area (TPSA) is 63.6 Å². The summed E-state index contributed by atoms with van der Waals surface area (Å²) in [5, 5.41) is 8.21. The van der Waals surface area contributed by atoms with E-state index in [0.717, 1.165) is 7.11 Å². The van der Waals surface area contributed by atoms with Crippen LogP contribution in [0.1, 0.15) is 0 Å². The molecule has 0 unspecified atom stereocenters. The summed E-state index contributed by atoms with van der Waals surface area (Å²) in [7, 11) is 0.832. The van der Waals surface area contributed by atoms with E-state index in [9.17, 15) is 22.8 Å². The second-order valence-corrected chi connectivity index (χ2v) is 1.88. The average Bonchev–Trinajstić information content (AvgIpc) is 2.01. The molecule has 0 saturated heterocycles. The predicted molar refractivity (Wildman–Crippen MR) is 33.8 cm³/mol. The highest BCUT2D eigenvalue weighted by molar-refractivity contribution is 6.38. The minimum Gasteiger partial charge on any atom is -0.504 e. The Bertz CT molecular complexity index is 253. The van der Waals surface area contributed by atoms with Crippen LogP contribution in [0.2, 0.25) is 0 Å². The smallest absolute Gasteiger partial charge is 0.448 e. The fourth-order valence-electron chi connectivity index (χ4n) is 0.366. The minimum atomic E-state index is -5.04. The summed E-state index contributed by atoms with van der Waals surface area (Å²) in [5.74, 6) is -5.18. The highest BCUT2D eigenvalue weighted by Gasteiger charge is 2.35. The van der Waals surface area contributed by atoms with Crippen molar-refractivity contribution >= 4 is 11.8 Å². The number of esters is 1. The maximum atomic E-state index is 11.6. The summed E-state index contributed by atoms with van der Waals surface area (Å²) in [4.78, 5) is 20.7. The van der Waals surface area contributed by atoms with E-state index in [1.807, 2.05) is 0 Å². The van der Waals surface area contributed by atoms with Crippen LogP contribution in [-0.2, 0) is 14.3 Å². The van der Waals surface area contributed by atoms with E-state index in [-0.39, 0.29) is 6.08 Å². The first-order valence-electron chi connectivity index (χ1n) is 2.89. The molecule has 74 valence electrons. The monoisotopic (exact) mass is 198 g/mol. The van der Waals surface area contributed by atoms with Gasteiger partial charge in [0.15, 0.2) is 0 Å². The molecular formula is C6H5F3O4. The van der Waals surface area contributed by atoms with Crippen LogP contribution in [0.5, 0.6) is 0 Å². The third-order valence-electron chi connectivity index (χ3n) is 0.945. The molecule has 0 aliphatic rings. The van der Waals surface area contributed by atoms with Gasteiger partial charge in [-0.3, -0.25) is 4.79 Å². The summed E-state index contributed by atoms with van der Waals surface area (Å²) < 4.78 is 38.5. The lowest BCUT2D eigenvalue weighted by atomic mass is 10.3. The van der Waals surface area contributed by atoms with Crippen LogP contribution in [0.3, 0.4) is 0 Å². The molecule has 0 aromatic carbocycles. The highest BCUT2D eigenvalue weighted by Crippen LogP contribution is 2.22. The lowest BCUT2D eigenvalue weighted by Crippen LogP contribution is -2.18. The zero-order valence-corrected chi connectivity index (χ0v) is 6.38.